The molecule has 5 heteroatoms. The van der Waals surface area contributed by atoms with Gasteiger partial charge in [0, 0.05) is 26.1 Å². The normalized spacial score (nSPS) is 10.9. The first-order chi connectivity index (χ1) is 8.19. The molecule has 0 aliphatic heterocycles. The highest BCUT2D eigenvalue weighted by molar-refractivity contribution is 5.46. The lowest BCUT2D eigenvalue weighted by Gasteiger charge is -2.13. The van der Waals surface area contributed by atoms with E-state index in [1.165, 1.54) is 0 Å². The molecule has 2 N–H and O–H groups in total. The second-order valence-electron chi connectivity index (χ2n) is 4.19. The zero-order chi connectivity index (χ0) is 12.7. The summed E-state index contributed by atoms with van der Waals surface area (Å²) in [5.74, 6) is 1.23. The molecule has 1 rings (SSSR count). The summed E-state index contributed by atoms with van der Waals surface area (Å²) < 4.78 is 5.01. The molecular formula is C12H22N4O. The maximum atomic E-state index is 5.01. The van der Waals surface area contributed by atoms with Gasteiger partial charge in [-0.3, -0.25) is 0 Å². The average Bonchev–Trinajstić information content (AvgIpc) is 2.31. The SMILES string of the molecule is CNCc1nc(C(C)C)ncc1NCCOC. The third-order valence-electron chi connectivity index (χ3n) is 2.37. The number of hydrogen-bond acceptors (Lipinski definition) is 5. The van der Waals surface area contributed by atoms with Crippen LogP contribution in [0.25, 0.3) is 0 Å². The van der Waals surface area contributed by atoms with Crippen molar-refractivity contribution >= 4 is 5.69 Å². The molecule has 0 fully saturated rings. The third kappa shape index (κ3) is 4.28. The predicted octanol–water partition coefficient (Wildman–Crippen LogP) is 1.38. The molecule has 0 aliphatic carbocycles. The molecular weight excluding hydrogens is 216 g/mol. The Bertz CT molecular complexity index is 341. The van der Waals surface area contributed by atoms with E-state index < -0.39 is 0 Å². The van der Waals surface area contributed by atoms with Gasteiger partial charge in [-0.1, -0.05) is 13.8 Å². The second-order valence-corrected chi connectivity index (χ2v) is 4.19. The smallest absolute Gasteiger partial charge is 0.131 e. The molecule has 96 valence electrons. The maximum Gasteiger partial charge on any atom is 0.131 e. The van der Waals surface area contributed by atoms with Crippen molar-refractivity contribution in [3.8, 4) is 0 Å². The van der Waals surface area contributed by atoms with Gasteiger partial charge in [-0.15, -0.1) is 0 Å². The zero-order valence-electron chi connectivity index (χ0n) is 11.1. The van der Waals surface area contributed by atoms with Crippen LogP contribution < -0.4 is 10.6 Å². The number of methoxy groups -OCH3 is 1. The van der Waals surface area contributed by atoms with Crippen molar-refractivity contribution in [3.63, 3.8) is 0 Å². The quantitative estimate of drug-likeness (QED) is 0.703. The first-order valence-corrected chi connectivity index (χ1v) is 5.92. The van der Waals surface area contributed by atoms with Gasteiger partial charge in [0.25, 0.3) is 0 Å². The molecule has 17 heavy (non-hydrogen) atoms. The number of ether oxygens (including phenoxy) is 1. The molecule has 0 amide bonds. The second kappa shape index (κ2) is 7.19. The van der Waals surface area contributed by atoms with Crippen LogP contribution in [0.1, 0.15) is 31.3 Å². The van der Waals surface area contributed by atoms with Crippen molar-refractivity contribution < 1.29 is 4.74 Å². The molecule has 0 saturated carbocycles. The van der Waals surface area contributed by atoms with Gasteiger partial charge in [0.05, 0.1) is 24.2 Å². The van der Waals surface area contributed by atoms with Gasteiger partial charge in [-0.25, -0.2) is 9.97 Å². The van der Waals surface area contributed by atoms with Crippen LogP contribution in [0.2, 0.25) is 0 Å². The summed E-state index contributed by atoms with van der Waals surface area (Å²) in [6, 6.07) is 0. The van der Waals surface area contributed by atoms with E-state index >= 15 is 0 Å². The highest BCUT2D eigenvalue weighted by Gasteiger charge is 2.08. The molecule has 0 aliphatic rings. The van der Waals surface area contributed by atoms with Gasteiger partial charge in [-0.05, 0) is 7.05 Å². The van der Waals surface area contributed by atoms with Gasteiger partial charge in [-0.2, -0.15) is 0 Å². The number of rotatable bonds is 7. The Hall–Kier alpha value is -1.20. The molecule has 0 radical (unpaired) electrons. The van der Waals surface area contributed by atoms with Crippen molar-refractivity contribution in [1.29, 1.82) is 0 Å². The van der Waals surface area contributed by atoms with Crippen LogP contribution in [0.15, 0.2) is 6.20 Å². The van der Waals surface area contributed by atoms with Gasteiger partial charge < -0.3 is 15.4 Å². The minimum Gasteiger partial charge on any atom is -0.383 e. The Labute approximate surface area is 103 Å². The van der Waals surface area contributed by atoms with Gasteiger partial charge in [0.15, 0.2) is 0 Å². The first kappa shape index (κ1) is 13.9. The zero-order valence-corrected chi connectivity index (χ0v) is 11.1. The number of nitrogens with one attached hydrogen (secondary N) is 2. The van der Waals surface area contributed by atoms with E-state index in [-0.39, 0.29) is 0 Å². The standard InChI is InChI=1S/C12H22N4O/c1-9(2)12-15-8-10(14-5-6-17-4)11(16-12)7-13-3/h8-9,13-14H,5-7H2,1-4H3. The van der Waals surface area contributed by atoms with Gasteiger partial charge >= 0.3 is 0 Å². The average molecular weight is 238 g/mol. The van der Waals surface area contributed by atoms with E-state index in [0.717, 1.165) is 30.3 Å². The summed E-state index contributed by atoms with van der Waals surface area (Å²) in [7, 11) is 3.60. The molecule has 0 aromatic carbocycles. The lowest BCUT2D eigenvalue weighted by atomic mass is 10.2. The van der Waals surface area contributed by atoms with Crippen molar-refractivity contribution in [3.05, 3.63) is 17.7 Å². The van der Waals surface area contributed by atoms with Crippen molar-refractivity contribution in [2.45, 2.75) is 26.3 Å². The van der Waals surface area contributed by atoms with Crippen LogP contribution in [0.4, 0.5) is 5.69 Å². The fourth-order valence-corrected chi connectivity index (χ4v) is 1.45. The largest absolute Gasteiger partial charge is 0.383 e. The lowest BCUT2D eigenvalue weighted by Crippen LogP contribution is -2.15. The third-order valence-corrected chi connectivity index (χ3v) is 2.37. The predicted molar refractivity (Wildman–Crippen MR) is 69.3 cm³/mol. The van der Waals surface area contributed by atoms with Crippen LogP contribution in [0.3, 0.4) is 0 Å². The minimum atomic E-state index is 0.346. The van der Waals surface area contributed by atoms with Gasteiger partial charge in [0.2, 0.25) is 0 Å². The summed E-state index contributed by atoms with van der Waals surface area (Å²) in [5, 5.41) is 6.39. The maximum absolute atomic E-state index is 5.01. The Morgan fingerprint density at radius 3 is 2.76 bits per heavy atom. The van der Waals surface area contributed by atoms with E-state index in [0.29, 0.717) is 12.5 Å². The number of nitrogens with zero attached hydrogens (tertiary/aromatic N) is 2. The summed E-state index contributed by atoms with van der Waals surface area (Å²) >= 11 is 0. The summed E-state index contributed by atoms with van der Waals surface area (Å²) in [6.45, 7) is 6.35. The molecule has 1 aromatic rings. The molecule has 1 heterocycles. The Kier molecular flexibility index (Phi) is 5.86. The van der Waals surface area contributed by atoms with Crippen LogP contribution >= 0.6 is 0 Å². The fourth-order valence-electron chi connectivity index (χ4n) is 1.45. The van der Waals surface area contributed by atoms with Crippen molar-refractivity contribution in [2.75, 3.05) is 32.6 Å². The molecule has 0 atom stereocenters. The molecule has 0 unspecified atom stereocenters. The van der Waals surface area contributed by atoms with E-state index in [1.54, 1.807) is 7.11 Å². The number of aromatic nitrogens is 2. The van der Waals surface area contributed by atoms with Crippen LogP contribution in [-0.4, -0.2) is 37.3 Å². The van der Waals surface area contributed by atoms with Gasteiger partial charge in [0.1, 0.15) is 5.82 Å². The Balaban J connectivity index is 2.80. The molecule has 0 bridgehead atoms. The summed E-state index contributed by atoms with van der Waals surface area (Å²) in [5.41, 5.74) is 1.98. The number of hydrogen-bond donors (Lipinski definition) is 2. The monoisotopic (exact) mass is 238 g/mol. The Morgan fingerprint density at radius 1 is 1.41 bits per heavy atom. The van der Waals surface area contributed by atoms with Crippen molar-refractivity contribution in [2.24, 2.45) is 0 Å². The first-order valence-electron chi connectivity index (χ1n) is 5.92. The summed E-state index contributed by atoms with van der Waals surface area (Å²) in [6.07, 6.45) is 1.85. The topological polar surface area (TPSA) is 59.1 Å². The molecule has 0 saturated heterocycles. The highest BCUT2D eigenvalue weighted by atomic mass is 16.5. The fraction of sp³-hybridized carbons (Fsp3) is 0.667. The van der Waals surface area contributed by atoms with Crippen molar-refractivity contribution in [1.82, 2.24) is 15.3 Å². The van der Waals surface area contributed by atoms with Crippen LogP contribution in [-0.2, 0) is 11.3 Å². The van der Waals surface area contributed by atoms with E-state index in [1.807, 2.05) is 13.2 Å². The van der Waals surface area contributed by atoms with Crippen LogP contribution in [0, 0.1) is 0 Å². The summed E-state index contributed by atoms with van der Waals surface area (Å²) in [4.78, 5) is 8.92. The minimum absolute atomic E-state index is 0.346. The highest BCUT2D eigenvalue weighted by Crippen LogP contribution is 2.15. The number of anilines is 1. The van der Waals surface area contributed by atoms with Crippen LogP contribution in [0.5, 0.6) is 0 Å². The molecule has 1 aromatic heterocycles. The molecule has 5 nitrogen and oxygen atoms in total. The van der Waals surface area contributed by atoms with E-state index in [9.17, 15) is 0 Å². The van der Waals surface area contributed by atoms with E-state index in [2.05, 4.69) is 34.4 Å². The Morgan fingerprint density at radius 2 is 2.18 bits per heavy atom. The molecule has 0 spiro atoms. The van der Waals surface area contributed by atoms with E-state index in [4.69, 9.17) is 4.74 Å². The lowest BCUT2D eigenvalue weighted by molar-refractivity contribution is 0.210.